The van der Waals surface area contributed by atoms with Crippen molar-refractivity contribution in [3.05, 3.63) is 52.5 Å². The van der Waals surface area contributed by atoms with Gasteiger partial charge in [-0.3, -0.25) is 4.72 Å². The van der Waals surface area contributed by atoms with Gasteiger partial charge in [-0.05, 0) is 54.2 Å². The molecule has 0 heterocycles. The lowest BCUT2D eigenvalue weighted by Crippen LogP contribution is -2.18. The van der Waals surface area contributed by atoms with E-state index in [1.807, 2.05) is 33.8 Å². The van der Waals surface area contributed by atoms with Crippen LogP contribution in [0.15, 0.2) is 41.3 Å². The van der Waals surface area contributed by atoms with Crippen molar-refractivity contribution in [2.45, 2.75) is 51.3 Å². The Kier molecular flexibility index (Phi) is 6.25. The number of nitrogens with one attached hydrogen (secondary N) is 1. The van der Waals surface area contributed by atoms with E-state index in [9.17, 15) is 8.42 Å². The van der Waals surface area contributed by atoms with Gasteiger partial charge in [-0.15, -0.1) is 0 Å². The van der Waals surface area contributed by atoms with Gasteiger partial charge < -0.3 is 4.74 Å². The fourth-order valence-corrected chi connectivity index (χ4v) is 3.90. The lowest BCUT2D eigenvalue weighted by Gasteiger charge is -2.22. The molecule has 4 nitrogen and oxygen atoms in total. The molecular formula is C20H26ClNO3S. The Morgan fingerprint density at radius 3 is 2.46 bits per heavy atom. The molecule has 1 N–H and O–H groups in total. The Labute approximate surface area is 161 Å². The number of hydrogen-bond acceptors (Lipinski definition) is 3. The average molecular weight is 396 g/mol. The second kappa shape index (κ2) is 7.89. The molecule has 0 saturated heterocycles. The second-order valence-corrected chi connectivity index (χ2v) is 9.34. The predicted molar refractivity (Wildman–Crippen MR) is 108 cm³/mol. The van der Waals surface area contributed by atoms with E-state index in [1.54, 1.807) is 37.3 Å². The molecule has 0 aromatic heterocycles. The molecule has 2 aromatic rings. The number of hydrogen-bond donors (Lipinski definition) is 1. The summed E-state index contributed by atoms with van der Waals surface area (Å²) in [4.78, 5) is 0.137. The fourth-order valence-electron chi connectivity index (χ4n) is 2.43. The first-order valence-corrected chi connectivity index (χ1v) is 10.5. The van der Waals surface area contributed by atoms with Crippen molar-refractivity contribution in [3.63, 3.8) is 0 Å². The van der Waals surface area contributed by atoms with Crippen LogP contribution in [0, 0.1) is 6.92 Å². The van der Waals surface area contributed by atoms with E-state index in [2.05, 4.69) is 4.72 Å². The van der Waals surface area contributed by atoms with E-state index in [1.165, 1.54) is 0 Å². The Morgan fingerprint density at radius 2 is 1.85 bits per heavy atom. The van der Waals surface area contributed by atoms with E-state index in [4.69, 9.17) is 16.3 Å². The summed E-state index contributed by atoms with van der Waals surface area (Å²) in [6.07, 6.45) is 0.793. The SMILES string of the molecule is CCCOc1ccc(C(C)(C)C)cc1S(=O)(=O)Nc1cccc(Cl)c1C. The number of benzene rings is 2. The van der Waals surface area contributed by atoms with E-state index < -0.39 is 10.0 Å². The van der Waals surface area contributed by atoms with Gasteiger partial charge in [-0.25, -0.2) is 8.42 Å². The van der Waals surface area contributed by atoms with Crippen LogP contribution in [0.3, 0.4) is 0 Å². The first kappa shape index (κ1) is 20.6. The molecule has 0 atom stereocenters. The highest BCUT2D eigenvalue weighted by atomic mass is 35.5. The fraction of sp³-hybridized carbons (Fsp3) is 0.400. The maximum Gasteiger partial charge on any atom is 0.265 e. The van der Waals surface area contributed by atoms with Crippen molar-refractivity contribution < 1.29 is 13.2 Å². The molecule has 0 amide bonds. The first-order chi connectivity index (χ1) is 12.1. The Hall–Kier alpha value is -1.72. The minimum absolute atomic E-state index is 0.137. The van der Waals surface area contributed by atoms with Crippen LogP contribution in [0.5, 0.6) is 5.75 Å². The van der Waals surface area contributed by atoms with E-state index >= 15 is 0 Å². The minimum atomic E-state index is -3.83. The number of rotatable bonds is 6. The molecule has 0 aliphatic rings. The predicted octanol–water partition coefficient (Wildman–Crippen LogP) is 5.54. The van der Waals surface area contributed by atoms with Crippen LogP contribution in [-0.4, -0.2) is 15.0 Å². The third-order valence-electron chi connectivity index (χ3n) is 4.07. The summed E-state index contributed by atoms with van der Waals surface area (Å²) in [6, 6.07) is 10.5. The summed E-state index contributed by atoms with van der Waals surface area (Å²) in [6.45, 7) is 10.3. The highest BCUT2D eigenvalue weighted by Gasteiger charge is 2.24. The van der Waals surface area contributed by atoms with Gasteiger partial charge in [0, 0.05) is 5.02 Å². The number of anilines is 1. The van der Waals surface area contributed by atoms with Gasteiger partial charge in [0.2, 0.25) is 0 Å². The summed E-state index contributed by atoms with van der Waals surface area (Å²) < 4.78 is 34.5. The van der Waals surface area contributed by atoms with Crippen molar-refractivity contribution in [1.29, 1.82) is 0 Å². The van der Waals surface area contributed by atoms with Gasteiger partial charge in [-0.1, -0.05) is 51.4 Å². The van der Waals surface area contributed by atoms with Crippen LogP contribution < -0.4 is 9.46 Å². The molecule has 0 aliphatic heterocycles. The quantitative estimate of drug-likeness (QED) is 0.698. The Balaban J connectivity index is 2.53. The van der Waals surface area contributed by atoms with Gasteiger partial charge in [0.15, 0.2) is 0 Å². The monoisotopic (exact) mass is 395 g/mol. The summed E-state index contributed by atoms with van der Waals surface area (Å²) in [7, 11) is -3.83. The third kappa shape index (κ3) is 4.71. The van der Waals surface area contributed by atoms with Crippen molar-refractivity contribution >= 4 is 27.3 Å². The molecule has 6 heteroatoms. The summed E-state index contributed by atoms with van der Waals surface area (Å²) >= 11 is 6.11. The maximum atomic E-state index is 13.1. The maximum absolute atomic E-state index is 13.1. The van der Waals surface area contributed by atoms with Crippen molar-refractivity contribution in [3.8, 4) is 5.75 Å². The van der Waals surface area contributed by atoms with Crippen molar-refractivity contribution in [1.82, 2.24) is 0 Å². The smallest absolute Gasteiger partial charge is 0.265 e. The van der Waals surface area contributed by atoms with E-state index in [0.717, 1.165) is 12.0 Å². The van der Waals surface area contributed by atoms with Crippen LogP contribution in [0.1, 0.15) is 45.2 Å². The normalized spacial score (nSPS) is 12.1. The molecular weight excluding hydrogens is 370 g/mol. The summed E-state index contributed by atoms with van der Waals surface area (Å²) in [5.41, 5.74) is 1.88. The molecule has 0 radical (unpaired) electrons. The van der Waals surface area contributed by atoms with E-state index in [0.29, 0.717) is 28.6 Å². The van der Waals surface area contributed by atoms with Crippen molar-refractivity contribution in [2.24, 2.45) is 0 Å². The standard InChI is InChI=1S/C20H26ClNO3S/c1-6-12-25-18-11-10-15(20(3,4)5)13-19(18)26(23,24)22-17-9-7-8-16(21)14(17)2/h7-11,13,22H,6,12H2,1-5H3. The van der Waals surface area contributed by atoms with Crippen LogP contribution in [0.25, 0.3) is 0 Å². The second-order valence-electron chi connectivity index (χ2n) is 7.28. The van der Waals surface area contributed by atoms with Gasteiger partial charge >= 0.3 is 0 Å². The highest BCUT2D eigenvalue weighted by molar-refractivity contribution is 7.92. The van der Waals surface area contributed by atoms with Gasteiger partial charge in [-0.2, -0.15) is 0 Å². The number of sulfonamides is 1. The molecule has 0 saturated carbocycles. The first-order valence-electron chi connectivity index (χ1n) is 8.61. The minimum Gasteiger partial charge on any atom is -0.492 e. The molecule has 0 aliphatic carbocycles. The molecule has 0 unspecified atom stereocenters. The van der Waals surface area contributed by atoms with Gasteiger partial charge in [0.1, 0.15) is 10.6 Å². The zero-order chi connectivity index (χ0) is 19.5. The molecule has 2 rings (SSSR count). The summed E-state index contributed by atoms with van der Waals surface area (Å²) in [5, 5.41) is 0.510. The van der Waals surface area contributed by atoms with Gasteiger partial charge in [0.05, 0.1) is 12.3 Å². The molecule has 2 aromatic carbocycles. The zero-order valence-electron chi connectivity index (χ0n) is 15.9. The molecule has 26 heavy (non-hydrogen) atoms. The third-order valence-corrected chi connectivity index (χ3v) is 5.87. The molecule has 0 bridgehead atoms. The van der Waals surface area contributed by atoms with Crippen LogP contribution in [-0.2, 0) is 15.4 Å². The Morgan fingerprint density at radius 1 is 1.15 bits per heavy atom. The summed E-state index contributed by atoms with van der Waals surface area (Å²) in [5.74, 6) is 0.354. The molecule has 0 spiro atoms. The molecule has 0 fully saturated rings. The number of ether oxygens (including phenoxy) is 1. The zero-order valence-corrected chi connectivity index (χ0v) is 17.5. The number of halogens is 1. The van der Waals surface area contributed by atoms with E-state index in [-0.39, 0.29) is 10.3 Å². The van der Waals surface area contributed by atoms with Crippen LogP contribution in [0.2, 0.25) is 5.02 Å². The van der Waals surface area contributed by atoms with Gasteiger partial charge in [0.25, 0.3) is 10.0 Å². The topological polar surface area (TPSA) is 55.4 Å². The van der Waals surface area contributed by atoms with Crippen molar-refractivity contribution in [2.75, 3.05) is 11.3 Å². The molecule has 142 valence electrons. The van der Waals surface area contributed by atoms with Crippen LogP contribution >= 0.6 is 11.6 Å². The Bertz CT molecular complexity index is 886. The average Bonchev–Trinajstić information content (AvgIpc) is 2.56. The highest BCUT2D eigenvalue weighted by Crippen LogP contribution is 2.33. The largest absolute Gasteiger partial charge is 0.492 e. The van der Waals surface area contributed by atoms with Crippen LogP contribution in [0.4, 0.5) is 5.69 Å². The lowest BCUT2D eigenvalue weighted by molar-refractivity contribution is 0.309. The lowest BCUT2D eigenvalue weighted by atomic mass is 9.87.